The molecule has 0 aliphatic heterocycles. The van der Waals surface area contributed by atoms with E-state index in [0.717, 1.165) is 5.56 Å². The van der Waals surface area contributed by atoms with Crippen molar-refractivity contribution in [3.05, 3.63) is 115 Å². The van der Waals surface area contributed by atoms with Crippen LogP contribution in [-0.4, -0.2) is 23.9 Å². The normalized spacial score (nSPS) is 11.2. The van der Waals surface area contributed by atoms with Gasteiger partial charge < -0.3 is 25.7 Å². The monoisotopic (exact) mass is 468 g/mol. The molecule has 1 unspecified atom stereocenters. The fourth-order valence-corrected chi connectivity index (χ4v) is 3.42. The summed E-state index contributed by atoms with van der Waals surface area (Å²) in [5.74, 6) is -0.773. The third kappa shape index (κ3) is 6.82. The molecular weight excluding hydrogens is 444 g/mol. The number of carbonyl (C=O) groups excluding carboxylic acids is 3. The van der Waals surface area contributed by atoms with Crippen molar-refractivity contribution in [3.63, 3.8) is 0 Å². The molecule has 0 bridgehead atoms. The lowest BCUT2D eigenvalue weighted by molar-refractivity contribution is -0.118. The van der Waals surface area contributed by atoms with Gasteiger partial charge in [-0.25, -0.2) is 4.79 Å². The molecule has 0 saturated carbocycles. The Hall–Kier alpha value is -4.85. The van der Waals surface area contributed by atoms with Crippen LogP contribution in [0.1, 0.15) is 16.1 Å². The van der Waals surface area contributed by atoms with Crippen molar-refractivity contribution in [1.82, 2.24) is 5.32 Å². The molecule has 3 aromatic carbocycles. The van der Waals surface area contributed by atoms with Crippen LogP contribution in [0.25, 0.3) is 0 Å². The average molecular weight is 469 g/mol. The maximum absolute atomic E-state index is 13.1. The number of nitrogens with one attached hydrogen (secondary N) is 4. The van der Waals surface area contributed by atoms with Crippen molar-refractivity contribution in [2.45, 2.75) is 12.5 Å². The van der Waals surface area contributed by atoms with E-state index < -0.39 is 23.9 Å². The molecule has 0 saturated heterocycles. The first-order valence-corrected chi connectivity index (χ1v) is 11.0. The molecule has 0 radical (unpaired) electrons. The van der Waals surface area contributed by atoms with E-state index in [1.807, 2.05) is 48.5 Å². The number of hydrogen-bond acceptors (Lipinski definition) is 4. The van der Waals surface area contributed by atoms with Crippen LogP contribution in [0.2, 0.25) is 0 Å². The summed E-state index contributed by atoms with van der Waals surface area (Å²) in [7, 11) is 0. The number of para-hydroxylation sites is 1. The Morgan fingerprint density at radius 2 is 1.31 bits per heavy atom. The molecule has 1 heterocycles. The molecule has 8 nitrogen and oxygen atoms in total. The van der Waals surface area contributed by atoms with Gasteiger partial charge in [-0.3, -0.25) is 9.59 Å². The van der Waals surface area contributed by atoms with Gasteiger partial charge in [0.05, 0.1) is 6.26 Å². The predicted octanol–water partition coefficient (Wildman–Crippen LogP) is 4.90. The van der Waals surface area contributed by atoms with Gasteiger partial charge in [-0.15, -0.1) is 0 Å². The molecule has 4 rings (SSSR count). The van der Waals surface area contributed by atoms with E-state index in [1.165, 1.54) is 12.3 Å². The molecule has 8 heteroatoms. The topological polar surface area (TPSA) is 112 Å². The van der Waals surface area contributed by atoms with Crippen LogP contribution < -0.4 is 21.3 Å². The van der Waals surface area contributed by atoms with Gasteiger partial charge in [0.15, 0.2) is 5.76 Å². The lowest BCUT2D eigenvalue weighted by Gasteiger charge is -2.18. The number of hydrogen-bond donors (Lipinski definition) is 4. The number of urea groups is 1. The highest BCUT2D eigenvalue weighted by molar-refractivity contribution is 6.02. The minimum absolute atomic E-state index is 0.117. The van der Waals surface area contributed by atoms with Crippen molar-refractivity contribution < 1.29 is 18.8 Å². The van der Waals surface area contributed by atoms with Crippen LogP contribution in [0.5, 0.6) is 0 Å². The number of benzene rings is 3. The third-order valence-corrected chi connectivity index (χ3v) is 5.07. The van der Waals surface area contributed by atoms with Crippen molar-refractivity contribution >= 4 is 34.9 Å². The second kappa shape index (κ2) is 11.3. The Labute approximate surface area is 202 Å². The molecule has 4 N–H and O–H groups in total. The number of anilines is 3. The van der Waals surface area contributed by atoms with Crippen LogP contribution in [0, 0.1) is 0 Å². The van der Waals surface area contributed by atoms with Gasteiger partial charge in [0.25, 0.3) is 5.91 Å². The minimum atomic E-state index is -0.854. The van der Waals surface area contributed by atoms with Gasteiger partial charge in [-0.2, -0.15) is 0 Å². The Balaban J connectivity index is 1.43. The van der Waals surface area contributed by atoms with Crippen LogP contribution in [0.15, 0.2) is 108 Å². The molecule has 35 heavy (non-hydrogen) atoms. The quantitative estimate of drug-likeness (QED) is 0.294. The van der Waals surface area contributed by atoms with Gasteiger partial charge in [-0.1, -0.05) is 54.6 Å². The van der Waals surface area contributed by atoms with Gasteiger partial charge >= 0.3 is 6.03 Å². The van der Waals surface area contributed by atoms with Gasteiger partial charge in [-0.05, 0) is 48.0 Å². The first-order valence-electron chi connectivity index (χ1n) is 11.0. The zero-order chi connectivity index (χ0) is 24.5. The van der Waals surface area contributed by atoms with E-state index >= 15 is 0 Å². The summed E-state index contributed by atoms with van der Waals surface area (Å²) in [4.78, 5) is 38.0. The summed E-state index contributed by atoms with van der Waals surface area (Å²) >= 11 is 0. The van der Waals surface area contributed by atoms with E-state index in [2.05, 4.69) is 21.3 Å². The summed E-state index contributed by atoms with van der Waals surface area (Å²) in [6.07, 6.45) is 1.68. The summed E-state index contributed by atoms with van der Waals surface area (Å²) in [5.41, 5.74) is 2.51. The Kier molecular flexibility index (Phi) is 7.55. The number of carbonyl (C=O) groups is 3. The minimum Gasteiger partial charge on any atom is -0.459 e. The predicted molar refractivity (Wildman–Crippen MR) is 134 cm³/mol. The number of furan rings is 1. The standard InChI is InChI=1S/C27H24N4O4/c32-25(23(17-19-9-3-1-4-10-19)31-26(33)24-15-8-16-35-24)28-21-13-7-14-22(18-21)30-27(34)29-20-11-5-2-6-12-20/h1-16,18,23H,17H2,(H,28,32)(H,31,33)(H2,29,30,34). The maximum Gasteiger partial charge on any atom is 0.323 e. The van der Waals surface area contributed by atoms with E-state index in [-0.39, 0.29) is 12.2 Å². The first kappa shape index (κ1) is 23.3. The Morgan fingerprint density at radius 3 is 2.00 bits per heavy atom. The summed E-state index contributed by atoms with van der Waals surface area (Å²) in [5, 5.41) is 11.0. The molecule has 4 amide bonds. The van der Waals surface area contributed by atoms with E-state index in [4.69, 9.17) is 4.42 Å². The molecule has 176 valence electrons. The largest absolute Gasteiger partial charge is 0.459 e. The van der Waals surface area contributed by atoms with E-state index in [0.29, 0.717) is 17.1 Å². The van der Waals surface area contributed by atoms with E-state index in [1.54, 1.807) is 42.5 Å². The fraction of sp³-hybridized carbons (Fsp3) is 0.0741. The average Bonchev–Trinajstić information content (AvgIpc) is 3.40. The zero-order valence-electron chi connectivity index (χ0n) is 18.7. The van der Waals surface area contributed by atoms with Gasteiger partial charge in [0.1, 0.15) is 6.04 Å². The highest BCUT2D eigenvalue weighted by Gasteiger charge is 2.23. The van der Waals surface area contributed by atoms with Gasteiger partial charge in [0.2, 0.25) is 5.91 Å². The van der Waals surface area contributed by atoms with Crippen molar-refractivity contribution in [3.8, 4) is 0 Å². The number of amides is 4. The summed E-state index contributed by atoms with van der Waals surface area (Å²) in [6, 6.07) is 27.1. The van der Waals surface area contributed by atoms with Crippen LogP contribution in [0.4, 0.5) is 21.9 Å². The zero-order valence-corrected chi connectivity index (χ0v) is 18.7. The highest BCUT2D eigenvalue weighted by Crippen LogP contribution is 2.17. The number of rotatable bonds is 8. The maximum atomic E-state index is 13.1. The molecule has 1 atom stereocenters. The lowest BCUT2D eigenvalue weighted by Crippen LogP contribution is -2.45. The second-order valence-corrected chi connectivity index (χ2v) is 7.71. The van der Waals surface area contributed by atoms with Crippen LogP contribution in [-0.2, 0) is 11.2 Å². The molecule has 0 spiro atoms. The second-order valence-electron chi connectivity index (χ2n) is 7.71. The molecule has 4 aromatic rings. The van der Waals surface area contributed by atoms with Gasteiger partial charge in [0, 0.05) is 23.5 Å². The SMILES string of the molecule is O=C(Nc1ccccc1)Nc1cccc(NC(=O)C(Cc2ccccc2)NC(=O)c2ccco2)c1. The molecular formula is C27H24N4O4. The molecule has 0 fully saturated rings. The summed E-state index contributed by atoms with van der Waals surface area (Å²) < 4.78 is 5.15. The van der Waals surface area contributed by atoms with Crippen molar-refractivity contribution in [2.24, 2.45) is 0 Å². The van der Waals surface area contributed by atoms with E-state index in [9.17, 15) is 14.4 Å². The molecule has 1 aromatic heterocycles. The smallest absolute Gasteiger partial charge is 0.323 e. The fourth-order valence-electron chi connectivity index (χ4n) is 3.42. The molecule has 0 aliphatic rings. The molecule has 0 aliphatic carbocycles. The van der Waals surface area contributed by atoms with Crippen molar-refractivity contribution in [1.29, 1.82) is 0 Å². The van der Waals surface area contributed by atoms with Crippen LogP contribution in [0.3, 0.4) is 0 Å². The Morgan fingerprint density at radius 1 is 0.686 bits per heavy atom. The first-order chi connectivity index (χ1) is 17.1. The lowest BCUT2D eigenvalue weighted by atomic mass is 10.0. The highest BCUT2D eigenvalue weighted by atomic mass is 16.3. The Bertz CT molecular complexity index is 1280. The van der Waals surface area contributed by atoms with Crippen LogP contribution >= 0.6 is 0 Å². The summed E-state index contributed by atoms with van der Waals surface area (Å²) in [6.45, 7) is 0. The third-order valence-electron chi connectivity index (χ3n) is 5.07. The van der Waals surface area contributed by atoms with Crippen molar-refractivity contribution in [2.75, 3.05) is 16.0 Å².